The summed E-state index contributed by atoms with van der Waals surface area (Å²) in [6.07, 6.45) is 3.09. The summed E-state index contributed by atoms with van der Waals surface area (Å²) in [6, 6.07) is 0. The van der Waals surface area contributed by atoms with Gasteiger partial charge in [0.25, 0.3) is 0 Å². The number of nitrogens with one attached hydrogen (secondary N) is 1. The lowest BCUT2D eigenvalue weighted by atomic mass is 10.2. The van der Waals surface area contributed by atoms with Crippen LogP contribution in [0.5, 0.6) is 0 Å². The third-order valence-electron chi connectivity index (χ3n) is 4.17. The molecule has 0 unspecified atom stereocenters. The van der Waals surface area contributed by atoms with Gasteiger partial charge in [0.15, 0.2) is 5.16 Å². The van der Waals surface area contributed by atoms with Crippen LogP contribution < -0.4 is 5.32 Å². The first-order valence-electron chi connectivity index (χ1n) is 7.79. The summed E-state index contributed by atoms with van der Waals surface area (Å²) >= 11 is 3.58. The molecule has 1 aliphatic rings. The average Bonchev–Trinajstić information content (AvgIpc) is 3.13. The van der Waals surface area contributed by atoms with Crippen LogP contribution in [0.4, 0.5) is 5.82 Å². The zero-order valence-electron chi connectivity index (χ0n) is 13.5. The molecule has 5 nitrogen and oxygen atoms in total. The van der Waals surface area contributed by atoms with Gasteiger partial charge in [0.05, 0.1) is 11.1 Å². The van der Waals surface area contributed by atoms with E-state index < -0.39 is 0 Å². The molecule has 0 bridgehead atoms. The number of anilines is 1. The van der Waals surface area contributed by atoms with Crippen LogP contribution in [0.25, 0.3) is 10.2 Å². The zero-order valence-corrected chi connectivity index (χ0v) is 15.1. The van der Waals surface area contributed by atoms with Crippen molar-refractivity contribution >= 4 is 39.1 Å². The maximum Gasteiger partial charge on any atom is 0.168 e. The third kappa shape index (κ3) is 2.72. The van der Waals surface area contributed by atoms with E-state index in [2.05, 4.69) is 44.9 Å². The first-order valence-corrected chi connectivity index (χ1v) is 9.59. The first kappa shape index (κ1) is 15.0. The van der Waals surface area contributed by atoms with Gasteiger partial charge in [0, 0.05) is 36.3 Å². The van der Waals surface area contributed by atoms with E-state index >= 15 is 0 Å². The summed E-state index contributed by atoms with van der Waals surface area (Å²) in [5.41, 5.74) is 2.44. The van der Waals surface area contributed by atoms with Crippen molar-refractivity contribution in [3.05, 3.63) is 28.2 Å². The van der Waals surface area contributed by atoms with Crippen LogP contribution in [0, 0.1) is 20.8 Å². The Bertz CT molecular complexity index is 859. The van der Waals surface area contributed by atoms with Crippen LogP contribution in [0.15, 0.2) is 11.4 Å². The van der Waals surface area contributed by atoms with Crippen molar-refractivity contribution < 1.29 is 0 Å². The summed E-state index contributed by atoms with van der Waals surface area (Å²) in [6.45, 7) is 8.16. The Morgan fingerprint density at radius 1 is 1.22 bits per heavy atom. The Hall–Kier alpha value is -1.60. The lowest BCUT2D eigenvalue weighted by molar-refractivity contribution is 0.719. The molecule has 23 heavy (non-hydrogen) atoms. The highest BCUT2D eigenvalue weighted by Gasteiger charge is 2.15. The molecular weight excluding hydrogens is 326 g/mol. The van der Waals surface area contributed by atoms with Gasteiger partial charge >= 0.3 is 0 Å². The quantitative estimate of drug-likeness (QED) is 0.783. The first-order chi connectivity index (χ1) is 11.1. The van der Waals surface area contributed by atoms with Gasteiger partial charge in [-0.05, 0) is 26.3 Å². The van der Waals surface area contributed by atoms with Gasteiger partial charge in [-0.25, -0.2) is 15.0 Å². The van der Waals surface area contributed by atoms with Crippen molar-refractivity contribution in [3.63, 3.8) is 0 Å². The molecule has 1 aliphatic heterocycles. The normalized spacial score (nSPS) is 13.7. The predicted octanol–water partition coefficient (Wildman–Crippen LogP) is 3.57. The van der Waals surface area contributed by atoms with Crippen LogP contribution in [-0.4, -0.2) is 31.8 Å². The number of aryl methyl sites for hydroxylation is 4. The molecule has 0 saturated heterocycles. The summed E-state index contributed by atoms with van der Waals surface area (Å²) in [4.78, 5) is 16.2. The number of aromatic nitrogens is 4. The SMILES string of the molecule is Cc1nc(NCCc2cn3c(n2)SCC3)c2c(C)c(C)sc2n1. The molecule has 0 saturated carbocycles. The molecule has 0 amide bonds. The molecule has 1 N–H and O–H groups in total. The lowest BCUT2D eigenvalue weighted by Crippen LogP contribution is -2.08. The van der Waals surface area contributed by atoms with E-state index in [1.807, 2.05) is 18.7 Å². The van der Waals surface area contributed by atoms with Gasteiger partial charge in [0.2, 0.25) is 0 Å². The number of hydrogen-bond acceptors (Lipinski definition) is 6. The minimum absolute atomic E-state index is 0.818. The zero-order chi connectivity index (χ0) is 16.0. The number of thioether (sulfide) groups is 1. The standard InChI is InChI=1S/C16H19N5S2/c1-9-10(2)23-15-13(9)14(18-11(3)19-15)17-5-4-12-8-21-6-7-22-16(21)20-12/h8H,4-7H2,1-3H3,(H,17,18,19). The fraction of sp³-hybridized carbons (Fsp3) is 0.438. The highest BCUT2D eigenvalue weighted by atomic mass is 32.2. The van der Waals surface area contributed by atoms with Crippen molar-refractivity contribution in [2.75, 3.05) is 17.6 Å². The number of thiophene rings is 1. The fourth-order valence-corrected chi connectivity index (χ4v) is 4.91. The van der Waals surface area contributed by atoms with Gasteiger partial charge in [-0.3, -0.25) is 0 Å². The number of fused-ring (bicyclic) bond motifs is 2. The van der Waals surface area contributed by atoms with E-state index in [-0.39, 0.29) is 0 Å². The molecule has 0 aromatic carbocycles. The van der Waals surface area contributed by atoms with Gasteiger partial charge in [-0.1, -0.05) is 11.8 Å². The molecule has 0 radical (unpaired) electrons. The van der Waals surface area contributed by atoms with Crippen molar-refractivity contribution in [1.29, 1.82) is 0 Å². The summed E-state index contributed by atoms with van der Waals surface area (Å²) < 4.78 is 2.25. The van der Waals surface area contributed by atoms with E-state index in [0.29, 0.717) is 0 Å². The highest BCUT2D eigenvalue weighted by molar-refractivity contribution is 7.99. The second kappa shape index (κ2) is 5.79. The van der Waals surface area contributed by atoms with Gasteiger partial charge in [-0.15, -0.1) is 11.3 Å². The highest BCUT2D eigenvalue weighted by Crippen LogP contribution is 2.33. The van der Waals surface area contributed by atoms with E-state index in [1.54, 1.807) is 11.3 Å². The minimum atomic E-state index is 0.818. The van der Waals surface area contributed by atoms with Crippen LogP contribution in [-0.2, 0) is 13.0 Å². The van der Waals surface area contributed by atoms with Crippen LogP contribution in [0.3, 0.4) is 0 Å². The van der Waals surface area contributed by atoms with E-state index in [1.165, 1.54) is 15.8 Å². The molecule has 0 spiro atoms. The van der Waals surface area contributed by atoms with Crippen molar-refractivity contribution in [2.45, 2.75) is 38.9 Å². The Kier molecular flexibility index (Phi) is 3.77. The molecule has 7 heteroatoms. The Balaban J connectivity index is 1.53. The van der Waals surface area contributed by atoms with Crippen molar-refractivity contribution in [3.8, 4) is 0 Å². The molecule has 0 fully saturated rings. The maximum absolute atomic E-state index is 4.68. The molecule has 3 aromatic rings. The van der Waals surface area contributed by atoms with E-state index in [0.717, 1.165) is 52.6 Å². The summed E-state index contributed by atoms with van der Waals surface area (Å²) in [5.74, 6) is 2.92. The van der Waals surface area contributed by atoms with Gasteiger partial charge in [-0.2, -0.15) is 0 Å². The Morgan fingerprint density at radius 2 is 2.09 bits per heavy atom. The smallest absolute Gasteiger partial charge is 0.168 e. The van der Waals surface area contributed by atoms with E-state index in [9.17, 15) is 0 Å². The number of hydrogen-bond donors (Lipinski definition) is 1. The topological polar surface area (TPSA) is 55.6 Å². The second-order valence-electron chi connectivity index (χ2n) is 5.82. The largest absolute Gasteiger partial charge is 0.369 e. The average molecular weight is 345 g/mol. The predicted molar refractivity (Wildman–Crippen MR) is 96.8 cm³/mol. The molecule has 4 heterocycles. The summed E-state index contributed by atoms with van der Waals surface area (Å²) in [5, 5.41) is 5.82. The lowest BCUT2D eigenvalue weighted by Gasteiger charge is -2.07. The maximum atomic E-state index is 4.68. The Morgan fingerprint density at radius 3 is 2.91 bits per heavy atom. The monoisotopic (exact) mass is 345 g/mol. The van der Waals surface area contributed by atoms with Crippen LogP contribution >= 0.6 is 23.1 Å². The summed E-state index contributed by atoms with van der Waals surface area (Å²) in [7, 11) is 0. The molecular formula is C16H19N5S2. The Labute approximate surface area is 143 Å². The van der Waals surface area contributed by atoms with Crippen molar-refractivity contribution in [1.82, 2.24) is 19.5 Å². The molecule has 4 rings (SSSR count). The number of nitrogens with zero attached hydrogens (tertiary/aromatic N) is 4. The minimum Gasteiger partial charge on any atom is -0.369 e. The van der Waals surface area contributed by atoms with E-state index in [4.69, 9.17) is 0 Å². The fourth-order valence-electron chi connectivity index (χ4n) is 2.88. The number of rotatable bonds is 4. The van der Waals surface area contributed by atoms with Crippen molar-refractivity contribution in [2.24, 2.45) is 0 Å². The molecule has 0 aliphatic carbocycles. The molecule has 120 valence electrons. The van der Waals surface area contributed by atoms with Gasteiger partial charge in [0.1, 0.15) is 16.5 Å². The van der Waals surface area contributed by atoms with Gasteiger partial charge < -0.3 is 9.88 Å². The third-order valence-corrected chi connectivity index (χ3v) is 6.24. The molecule has 3 aromatic heterocycles. The second-order valence-corrected chi connectivity index (χ2v) is 8.08. The van der Waals surface area contributed by atoms with Crippen LogP contribution in [0.1, 0.15) is 22.0 Å². The number of imidazole rings is 1. The van der Waals surface area contributed by atoms with Crippen LogP contribution in [0.2, 0.25) is 0 Å². The molecule has 0 atom stereocenters.